The Balaban J connectivity index is 4.47. The van der Waals surface area contributed by atoms with E-state index >= 15 is 0 Å². The Hall–Kier alpha value is -0.530. The van der Waals surface area contributed by atoms with E-state index in [9.17, 15) is 4.79 Å². The molecule has 0 fully saturated rings. The van der Waals surface area contributed by atoms with Gasteiger partial charge >= 0.3 is 5.97 Å². The molecule has 0 saturated carbocycles. The Kier molecular flexibility index (Phi) is 5.03. The predicted octanol–water partition coefficient (Wildman–Crippen LogP) is 4.04. The summed E-state index contributed by atoms with van der Waals surface area (Å²) in [4.78, 5) is 12.0. The molecule has 0 aromatic heterocycles. The molecule has 0 aliphatic carbocycles. The third kappa shape index (κ3) is 5.53. The van der Waals surface area contributed by atoms with Crippen LogP contribution in [0.4, 0.5) is 0 Å². The molecule has 0 rings (SSSR count). The van der Waals surface area contributed by atoms with Crippen LogP contribution in [-0.4, -0.2) is 12.1 Å². The first-order valence-electron chi connectivity index (χ1n) is 6.17. The zero-order chi connectivity index (χ0) is 13.1. The molecular formula is C14H28O2. The molecule has 0 radical (unpaired) electrons. The molecule has 16 heavy (non-hydrogen) atoms. The summed E-state index contributed by atoms with van der Waals surface area (Å²) in [7, 11) is 0. The van der Waals surface area contributed by atoms with Gasteiger partial charge in [0.2, 0.25) is 0 Å². The lowest BCUT2D eigenvalue weighted by molar-refractivity contribution is -0.162. The van der Waals surface area contributed by atoms with Crippen molar-refractivity contribution in [3.63, 3.8) is 0 Å². The van der Waals surface area contributed by atoms with Crippen LogP contribution in [0.3, 0.4) is 0 Å². The van der Waals surface area contributed by atoms with Crippen LogP contribution < -0.4 is 0 Å². The number of hydrogen-bond acceptors (Lipinski definition) is 2. The van der Waals surface area contributed by atoms with Crippen molar-refractivity contribution >= 4 is 5.97 Å². The second-order valence-corrected chi connectivity index (χ2v) is 6.98. The Morgan fingerprint density at radius 2 is 1.50 bits per heavy atom. The van der Waals surface area contributed by atoms with Gasteiger partial charge in [-0.15, -0.1) is 0 Å². The highest BCUT2D eigenvalue weighted by atomic mass is 16.5. The van der Waals surface area contributed by atoms with Crippen molar-refractivity contribution in [1.82, 2.24) is 0 Å². The van der Waals surface area contributed by atoms with E-state index in [-0.39, 0.29) is 17.5 Å². The zero-order valence-corrected chi connectivity index (χ0v) is 12.2. The average molecular weight is 228 g/mol. The lowest BCUT2D eigenvalue weighted by atomic mass is 9.76. The first-order valence-corrected chi connectivity index (χ1v) is 6.17. The van der Waals surface area contributed by atoms with Crippen LogP contribution in [0, 0.1) is 16.7 Å². The van der Waals surface area contributed by atoms with Gasteiger partial charge in [0, 0.05) is 0 Å². The monoisotopic (exact) mass is 228 g/mol. The van der Waals surface area contributed by atoms with Crippen molar-refractivity contribution in [2.75, 3.05) is 0 Å². The first kappa shape index (κ1) is 15.5. The smallest absolute Gasteiger partial charge is 0.311 e. The van der Waals surface area contributed by atoms with Crippen LogP contribution in [0.1, 0.15) is 61.8 Å². The maximum Gasteiger partial charge on any atom is 0.311 e. The van der Waals surface area contributed by atoms with E-state index in [1.165, 1.54) is 0 Å². The average Bonchev–Trinajstić information content (AvgIpc) is 1.98. The SMILES string of the molecule is CC(C)C(C)OC(=O)C(C)(C)CC(C)(C)C. The van der Waals surface area contributed by atoms with Gasteiger partial charge in [0.15, 0.2) is 0 Å². The van der Waals surface area contributed by atoms with E-state index in [1.807, 2.05) is 20.8 Å². The van der Waals surface area contributed by atoms with Crippen molar-refractivity contribution < 1.29 is 9.53 Å². The lowest BCUT2D eigenvalue weighted by Crippen LogP contribution is -2.34. The molecule has 2 nitrogen and oxygen atoms in total. The van der Waals surface area contributed by atoms with Crippen LogP contribution in [-0.2, 0) is 9.53 Å². The van der Waals surface area contributed by atoms with E-state index < -0.39 is 5.41 Å². The number of ether oxygens (including phenoxy) is 1. The van der Waals surface area contributed by atoms with E-state index in [0.717, 1.165) is 6.42 Å². The van der Waals surface area contributed by atoms with Crippen molar-refractivity contribution in [3.05, 3.63) is 0 Å². The number of esters is 1. The summed E-state index contributed by atoms with van der Waals surface area (Å²) in [6, 6.07) is 0. The molecule has 0 N–H and O–H groups in total. The van der Waals surface area contributed by atoms with Gasteiger partial charge < -0.3 is 4.74 Å². The van der Waals surface area contributed by atoms with Crippen LogP contribution >= 0.6 is 0 Å². The molecule has 2 heteroatoms. The van der Waals surface area contributed by atoms with Crippen molar-refractivity contribution in [1.29, 1.82) is 0 Å². The lowest BCUT2D eigenvalue weighted by Gasteiger charge is -2.32. The fourth-order valence-corrected chi connectivity index (χ4v) is 1.86. The van der Waals surface area contributed by atoms with Crippen LogP contribution in [0.2, 0.25) is 0 Å². The van der Waals surface area contributed by atoms with Gasteiger partial charge in [-0.1, -0.05) is 34.6 Å². The molecule has 0 amide bonds. The third-order valence-corrected chi connectivity index (χ3v) is 2.76. The van der Waals surface area contributed by atoms with Crippen LogP contribution in [0.15, 0.2) is 0 Å². The minimum Gasteiger partial charge on any atom is -0.462 e. The predicted molar refractivity (Wildman–Crippen MR) is 68.2 cm³/mol. The van der Waals surface area contributed by atoms with Crippen molar-refractivity contribution in [3.8, 4) is 0 Å². The summed E-state index contributed by atoms with van der Waals surface area (Å²) in [5.41, 5.74) is -0.259. The molecule has 1 unspecified atom stereocenters. The zero-order valence-electron chi connectivity index (χ0n) is 12.2. The van der Waals surface area contributed by atoms with Gasteiger partial charge in [-0.05, 0) is 38.5 Å². The van der Waals surface area contributed by atoms with Gasteiger partial charge in [-0.3, -0.25) is 4.79 Å². The summed E-state index contributed by atoms with van der Waals surface area (Å²) in [6.07, 6.45) is 0.829. The standard InChI is InChI=1S/C14H28O2/c1-10(2)11(3)16-12(15)14(7,8)9-13(4,5)6/h10-11H,9H2,1-8H3. The van der Waals surface area contributed by atoms with Crippen LogP contribution in [0.5, 0.6) is 0 Å². The number of carbonyl (C=O) groups is 1. The Labute approximate surface area is 101 Å². The second kappa shape index (κ2) is 5.20. The maximum atomic E-state index is 12.0. The maximum absolute atomic E-state index is 12.0. The fraction of sp³-hybridized carbons (Fsp3) is 0.929. The van der Waals surface area contributed by atoms with Crippen molar-refractivity contribution in [2.24, 2.45) is 16.7 Å². The second-order valence-electron chi connectivity index (χ2n) is 6.98. The molecule has 0 spiro atoms. The van der Waals surface area contributed by atoms with Gasteiger partial charge in [0.25, 0.3) is 0 Å². The number of rotatable bonds is 4. The fourth-order valence-electron chi connectivity index (χ4n) is 1.86. The largest absolute Gasteiger partial charge is 0.462 e. The first-order chi connectivity index (χ1) is 6.96. The van der Waals surface area contributed by atoms with Gasteiger partial charge in [-0.2, -0.15) is 0 Å². The van der Waals surface area contributed by atoms with E-state index in [0.29, 0.717) is 5.92 Å². The Morgan fingerprint density at radius 1 is 1.06 bits per heavy atom. The van der Waals surface area contributed by atoms with Crippen LogP contribution in [0.25, 0.3) is 0 Å². The molecule has 0 aromatic rings. The van der Waals surface area contributed by atoms with Gasteiger partial charge in [-0.25, -0.2) is 0 Å². The molecule has 0 aliphatic rings. The molecule has 0 heterocycles. The molecule has 0 aromatic carbocycles. The quantitative estimate of drug-likeness (QED) is 0.679. The van der Waals surface area contributed by atoms with E-state index in [2.05, 4.69) is 34.6 Å². The molecule has 0 saturated heterocycles. The molecule has 96 valence electrons. The van der Waals surface area contributed by atoms with E-state index in [4.69, 9.17) is 4.74 Å². The number of hydrogen-bond donors (Lipinski definition) is 0. The topological polar surface area (TPSA) is 26.3 Å². The summed E-state index contributed by atoms with van der Waals surface area (Å²) < 4.78 is 5.48. The molecule has 1 atom stereocenters. The normalized spacial score (nSPS) is 15.1. The Morgan fingerprint density at radius 3 is 1.81 bits per heavy atom. The van der Waals surface area contributed by atoms with Gasteiger partial charge in [0.05, 0.1) is 5.41 Å². The minimum absolute atomic E-state index is 0.00765. The Bertz CT molecular complexity index is 234. The summed E-state index contributed by atoms with van der Waals surface area (Å²) >= 11 is 0. The van der Waals surface area contributed by atoms with Gasteiger partial charge in [0.1, 0.15) is 6.10 Å². The summed E-state index contributed by atoms with van der Waals surface area (Å²) in [6.45, 7) is 16.5. The highest BCUT2D eigenvalue weighted by Crippen LogP contribution is 2.34. The van der Waals surface area contributed by atoms with E-state index in [1.54, 1.807) is 0 Å². The highest BCUT2D eigenvalue weighted by Gasteiger charge is 2.35. The summed E-state index contributed by atoms with van der Waals surface area (Å²) in [5.74, 6) is 0.290. The third-order valence-electron chi connectivity index (χ3n) is 2.76. The number of carbonyl (C=O) groups excluding carboxylic acids is 1. The minimum atomic E-state index is -0.401. The molecule has 0 bridgehead atoms. The highest BCUT2D eigenvalue weighted by molar-refractivity contribution is 5.76. The van der Waals surface area contributed by atoms with Crippen molar-refractivity contribution in [2.45, 2.75) is 67.9 Å². The molecular weight excluding hydrogens is 200 g/mol. The molecule has 0 aliphatic heterocycles. The summed E-state index contributed by atoms with van der Waals surface area (Å²) in [5, 5.41) is 0.